The van der Waals surface area contributed by atoms with E-state index in [0.29, 0.717) is 6.61 Å². The van der Waals surface area contributed by atoms with Crippen molar-refractivity contribution in [2.75, 3.05) is 13.2 Å². The molecular weight excluding hydrogens is 310 g/mol. The van der Waals surface area contributed by atoms with Crippen LogP contribution < -0.4 is 10.1 Å². The largest absolute Gasteiger partial charge is 0.492 e. The van der Waals surface area contributed by atoms with Crippen molar-refractivity contribution in [2.45, 2.75) is 32.7 Å². The van der Waals surface area contributed by atoms with Crippen molar-refractivity contribution in [3.8, 4) is 5.75 Å². The minimum atomic E-state index is -0.596. The molecule has 0 bridgehead atoms. The van der Waals surface area contributed by atoms with Gasteiger partial charge in [0.2, 0.25) is 5.91 Å². The van der Waals surface area contributed by atoms with Crippen LogP contribution in [0.15, 0.2) is 22.7 Å². The highest BCUT2D eigenvalue weighted by molar-refractivity contribution is 9.10. The molecule has 19 heavy (non-hydrogen) atoms. The van der Waals surface area contributed by atoms with Crippen molar-refractivity contribution in [2.24, 2.45) is 0 Å². The highest BCUT2D eigenvalue weighted by Gasteiger charge is 2.18. The molecule has 1 rings (SSSR count). The highest BCUT2D eigenvalue weighted by atomic mass is 79.9. The van der Waals surface area contributed by atoms with Crippen LogP contribution in [0.3, 0.4) is 0 Å². The van der Waals surface area contributed by atoms with E-state index in [4.69, 9.17) is 9.84 Å². The molecule has 5 heteroatoms. The topological polar surface area (TPSA) is 58.6 Å². The zero-order valence-corrected chi connectivity index (χ0v) is 13.1. The molecule has 0 aliphatic rings. The van der Waals surface area contributed by atoms with E-state index in [1.807, 2.05) is 25.1 Å². The summed E-state index contributed by atoms with van der Waals surface area (Å²) in [5.41, 5.74) is 0.545. The predicted molar refractivity (Wildman–Crippen MR) is 78.3 cm³/mol. The average molecular weight is 330 g/mol. The van der Waals surface area contributed by atoms with E-state index in [1.54, 1.807) is 13.8 Å². The number of amides is 1. The Kier molecular flexibility index (Phi) is 5.82. The molecule has 106 valence electrons. The molecule has 0 aliphatic heterocycles. The fourth-order valence-corrected chi connectivity index (χ4v) is 2.06. The lowest BCUT2D eigenvalue weighted by Gasteiger charge is -2.23. The second kappa shape index (κ2) is 6.91. The van der Waals surface area contributed by atoms with Gasteiger partial charge in [-0.25, -0.2) is 0 Å². The second-order valence-electron chi connectivity index (χ2n) is 5.12. The minimum absolute atomic E-state index is 0.0941. The van der Waals surface area contributed by atoms with Gasteiger partial charge in [0, 0.05) is 0 Å². The van der Waals surface area contributed by atoms with E-state index in [-0.39, 0.29) is 18.9 Å². The van der Waals surface area contributed by atoms with E-state index in [1.165, 1.54) is 0 Å². The lowest BCUT2D eigenvalue weighted by molar-refractivity contribution is -0.123. The first kappa shape index (κ1) is 16.0. The third-order valence-corrected chi connectivity index (χ3v) is 3.17. The summed E-state index contributed by atoms with van der Waals surface area (Å²) in [6, 6.07) is 5.79. The quantitative estimate of drug-likeness (QED) is 0.842. The number of carbonyl (C=O) groups is 1. The predicted octanol–water partition coefficient (Wildman–Crippen LogP) is 2.41. The molecule has 0 saturated carbocycles. The summed E-state index contributed by atoms with van der Waals surface area (Å²) in [5, 5.41) is 11.8. The number of hydrogen-bond acceptors (Lipinski definition) is 3. The zero-order chi connectivity index (χ0) is 14.5. The summed E-state index contributed by atoms with van der Waals surface area (Å²) >= 11 is 3.42. The number of aliphatic hydroxyl groups excluding tert-OH is 1. The number of rotatable bonds is 6. The molecule has 0 fully saturated rings. The van der Waals surface area contributed by atoms with E-state index in [9.17, 15) is 4.79 Å². The molecule has 0 aliphatic carbocycles. The van der Waals surface area contributed by atoms with Gasteiger partial charge in [-0.3, -0.25) is 4.79 Å². The lowest BCUT2D eigenvalue weighted by Crippen LogP contribution is -2.46. The SMILES string of the molecule is Cc1ccc(OCCC(=O)NC(C)(C)CO)c(Br)c1. The molecule has 1 amide bonds. The summed E-state index contributed by atoms with van der Waals surface area (Å²) in [5.74, 6) is 0.585. The van der Waals surface area contributed by atoms with Crippen molar-refractivity contribution in [3.05, 3.63) is 28.2 Å². The van der Waals surface area contributed by atoms with Gasteiger partial charge in [0.15, 0.2) is 0 Å². The van der Waals surface area contributed by atoms with Gasteiger partial charge in [0.1, 0.15) is 5.75 Å². The number of benzene rings is 1. The summed E-state index contributed by atoms with van der Waals surface area (Å²) < 4.78 is 6.42. The van der Waals surface area contributed by atoms with Gasteiger partial charge in [-0.05, 0) is 54.4 Å². The molecule has 0 heterocycles. The van der Waals surface area contributed by atoms with Gasteiger partial charge in [-0.2, -0.15) is 0 Å². The third-order valence-electron chi connectivity index (χ3n) is 2.55. The smallest absolute Gasteiger partial charge is 0.223 e. The Morgan fingerprint density at radius 1 is 1.47 bits per heavy atom. The Morgan fingerprint density at radius 2 is 2.16 bits per heavy atom. The average Bonchev–Trinajstić information content (AvgIpc) is 2.31. The molecule has 0 aromatic heterocycles. The first-order valence-electron chi connectivity index (χ1n) is 6.15. The minimum Gasteiger partial charge on any atom is -0.492 e. The number of hydrogen-bond donors (Lipinski definition) is 2. The van der Waals surface area contributed by atoms with Gasteiger partial charge in [-0.15, -0.1) is 0 Å². The Balaban J connectivity index is 2.40. The van der Waals surface area contributed by atoms with E-state index in [2.05, 4.69) is 21.2 Å². The van der Waals surface area contributed by atoms with Crippen LogP contribution in [0.5, 0.6) is 5.75 Å². The molecule has 1 aromatic rings. The number of ether oxygens (including phenoxy) is 1. The van der Waals surface area contributed by atoms with Crippen LogP contribution in [0.2, 0.25) is 0 Å². The summed E-state index contributed by atoms with van der Waals surface area (Å²) in [6.07, 6.45) is 0.254. The van der Waals surface area contributed by atoms with Crippen LogP contribution in [0.1, 0.15) is 25.8 Å². The maximum absolute atomic E-state index is 11.6. The Labute approximate surface area is 122 Å². The number of nitrogens with one attached hydrogen (secondary N) is 1. The molecule has 0 spiro atoms. The number of aryl methyl sites for hydroxylation is 1. The Bertz CT molecular complexity index is 446. The summed E-state index contributed by atoms with van der Waals surface area (Å²) in [7, 11) is 0. The van der Waals surface area contributed by atoms with Gasteiger partial charge in [0.05, 0.1) is 29.6 Å². The lowest BCUT2D eigenvalue weighted by atomic mass is 10.1. The molecule has 1 aromatic carbocycles. The van der Waals surface area contributed by atoms with E-state index < -0.39 is 5.54 Å². The normalized spacial score (nSPS) is 11.2. The Morgan fingerprint density at radius 3 is 2.74 bits per heavy atom. The molecule has 2 N–H and O–H groups in total. The van der Waals surface area contributed by atoms with Crippen LogP contribution in [0.25, 0.3) is 0 Å². The molecule has 0 radical (unpaired) electrons. The van der Waals surface area contributed by atoms with Crippen molar-refractivity contribution in [1.82, 2.24) is 5.32 Å². The molecule has 4 nitrogen and oxygen atoms in total. The van der Waals surface area contributed by atoms with Crippen molar-refractivity contribution in [1.29, 1.82) is 0 Å². The van der Waals surface area contributed by atoms with E-state index in [0.717, 1.165) is 15.8 Å². The van der Waals surface area contributed by atoms with E-state index >= 15 is 0 Å². The van der Waals surface area contributed by atoms with Crippen LogP contribution in [-0.4, -0.2) is 29.8 Å². The van der Waals surface area contributed by atoms with Gasteiger partial charge in [0.25, 0.3) is 0 Å². The van der Waals surface area contributed by atoms with Crippen molar-refractivity contribution >= 4 is 21.8 Å². The van der Waals surface area contributed by atoms with Gasteiger partial charge in [-0.1, -0.05) is 6.07 Å². The third kappa shape index (κ3) is 5.61. The van der Waals surface area contributed by atoms with Crippen LogP contribution in [0.4, 0.5) is 0 Å². The molecule has 0 atom stereocenters. The zero-order valence-electron chi connectivity index (χ0n) is 11.5. The summed E-state index contributed by atoms with van der Waals surface area (Å²) in [4.78, 5) is 11.6. The first-order chi connectivity index (χ1) is 8.84. The van der Waals surface area contributed by atoms with Crippen molar-refractivity contribution in [3.63, 3.8) is 0 Å². The van der Waals surface area contributed by atoms with Gasteiger partial charge >= 0.3 is 0 Å². The molecule has 0 unspecified atom stereocenters. The van der Waals surface area contributed by atoms with Crippen LogP contribution in [-0.2, 0) is 4.79 Å². The molecular formula is C14H20BrNO3. The van der Waals surface area contributed by atoms with Crippen LogP contribution >= 0.6 is 15.9 Å². The van der Waals surface area contributed by atoms with Crippen LogP contribution in [0, 0.1) is 6.92 Å². The molecule has 0 saturated heterocycles. The second-order valence-corrected chi connectivity index (χ2v) is 5.98. The highest BCUT2D eigenvalue weighted by Crippen LogP contribution is 2.25. The fourth-order valence-electron chi connectivity index (χ4n) is 1.46. The number of aliphatic hydroxyl groups is 1. The fraction of sp³-hybridized carbons (Fsp3) is 0.500. The number of halogens is 1. The standard InChI is InChI=1S/C14H20BrNO3/c1-10-4-5-12(11(15)8-10)19-7-6-13(18)16-14(2,3)9-17/h4-5,8,17H,6-7,9H2,1-3H3,(H,16,18). The monoisotopic (exact) mass is 329 g/mol. The Hall–Kier alpha value is -1.07. The maximum atomic E-state index is 11.6. The van der Waals surface area contributed by atoms with Gasteiger partial charge < -0.3 is 15.2 Å². The maximum Gasteiger partial charge on any atom is 0.223 e. The number of carbonyl (C=O) groups excluding carboxylic acids is 1. The van der Waals surface area contributed by atoms with Crippen molar-refractivity contribution < 1.29 is 14.6 Å². The first-order valence-corrected chi connectivity index (χ1v) is 6.94. The summed E-state index contributed by atoms with van der Waals surface area (Å²) in [6.45, 7) is 5.74.